The molecular weight excluding hydrogens is 380 g/mol. The number of nitrogens with one attached hydrogen (secondary N) is 2. The molecule has 0 aliphatic heterocycles. The van der Waals surface area contributed by atoms with Gasteiger partial charge in [-0.15, -0.1) is 0 Å². The van der Waals surface area contributed by atoms with Gasteiger partial charge in [0.2, 0.25) is 11.9 Å². The first-order valence-electron chi connectivity index (χ1n) is 9.56. The molecule has 0 atom stereocenters. The van der Waals surface area contributed by atoms with Gasteiger partial charge < -0.3 is 9.88 Å². The smallest absolute Gasteiger partial charge is 0.270 e. The van der Waals surface area contributed by atoms with Gasteiger partial charge in [-0.1, -0.05) is 24.8 Å². The Labute approximate surface area is 172 Å². The average Bonchev–Trinajstić information content (AvgIpc) is 2.73. The van der Waals surface area contributed by atoms with Gasteiger partial charge in [0, 0.05) is 30.6 Å². The maximum Gasteiger partial charge on any atom is 0.270 e. The molecule has 2 heterocycles. The van der Waals surface area contributed by atoms with Crippen LogP contribution in [0.4, 0.5) is 11.6 Å². The predicted molar refractivity (Wildman–Crippen MR) is 115 cm³/mol. The molecule has 2 N–H and O–H groups in total. The van der Waals surface area contributed by atoms with Crippen LogP contribution in [0.1, 0.15) is 24.1 Å². The fourth-order valence-electron chi connectivity index (χ4n) is 3.66. The second-order valence-electron chi connectivity index (χ2n) is 7.25. The quantitative estimate of drug-likeness (QED) is 0.681. The highest BCUT2D eigenvalue weighted by atomic mass is 16.2. The molecule has 1 fully saturated rings. The summed E-state index contributed by atoms with van der Waals surface area (Å²) in [6, 6.07) is 11.2. The van der Waals surface area contributed by atoms with Crippen LogP contribution in [-0.4, -0.2) is 26.5 Å². The van der Waals surface area contributed by atoms with Gasteiger partial charge in [0.1, 0.15) is 11.6 Å². The Morgan fingerprint density at radius 1 is 1.33 bits per heavy atom. The highest BCUT2D eigenvalue weighted by Gasteiger charge is 2.35. The van der Waals surface area contributed by atoms with Crippen molar-refractivity contribution in [2.75, 3.05) is 10.6 Å². The van der Waals surface area contributed by atoms with Gasteiger partial charge in [0.05, 0.1) is 16.9 Å². The lowest BCUT2D eigenvalue weighted by molar-refractivity contribution is -0.122. The van der Waals surface area contributed by atoms with E-state index >= 15 is 0 Å². The Balaban J connectivity index is 1.49. The van der Waals surface area contributed by atoms with Crippen LogP contribution in [0.5, 0.6) is 0 Å². The topological polar surface area (TPSA) is 113 Å². The molecule has 0 radical (unpaired) electrons. The lowest BCUT2D eigenvalue weighted by Gasteiger charge is -2.35. The fraction of sp³-hybridized carbons (Fsp3) is 0.227. The van der Waals surface area contributed by atoms with Crippen molar-refractivity contribution in [2.24, 2.45) is 13.0 Å². The maximum absolute atomic E-state index is 12.6. The lowest BCUT2D eigenvalue weighted by atomic mass is 9.79. The van der Waals surface area contributed by atoms with Crippen LogP contribution in [-0.2, 0) is 11.8 Å². The Morgan fingerprint density at radius 3 is 2.83 bits per heavy atom. The van der Waals surface area contributed by atoms with Crippen molar-refractivity contribution in [3.8, 4) is 6.07 Å². The summed E-state index contributed by atoms with van der Waals surface area (Å²) in [4.78, 5) is 33.3. The van der Waals surface area contributed by atoms with Crippen molar-refractivity contribution in [1.29, 1.82) is 5.26 Å². The highest BCUT2D eigenvalue weighted by Crippen LogP contribution is 2.34. The number of benzene rings is 1. The van der Waals surface area contributed by atoms with Crippen LogP contribution in [0.3, 0.4) is 0 Å². The van der Waals surface area contributed by atoms with Crippen LogP contribution in [0.25, 0.3) is 17.0 Å². The molecule has 1 aliphatic rings. The van der Waals surface area contributed by atoms with Crippen molar-refractivity contribution in [3.63, 3.8) is 0 Å². The summed E-state index contributed by atoms with van der Waals surface area (Å²) in [7, 11) is 1.66. The van der Waals surface area contributed by atoms with Crippen molar-refractivity contribution in [1.82, 2.24) is 14.5 Å². The SMILES string of the molecule is C=Cc1ccnc(NC(=O)C2CC(Nc3c(C#N)c(=O)n(C)c4ccccc34)C2)n1. The summed E-state index contributed by atoms with van der Waals surface area (Å²) < 4.78 is 1.48. The van der Waals surface area contributed by atoms with Crippen molar-refractivity contribution >= 4 is 34.5 Å². The van der Waals surface area contributed by atoms with Crippen molar-refractivity contribution in [3.05, 3.63) is 64.7 Å². The monoisotopic (exact) mass is 400 g/mol. The van der Waals surface area contributed by atoms with E-state index in [1.165, 1.54) is 4.57 Å². The van der Waals surface area contributed by atoms with E-state index in [2.05, 4.69) is 27.2 Å². The van der Waals surface area contributed by atoms with Gasteiger partial charge >= 0.3 is 0 Å². The molecule has 0 spiro atoms. The van der Waals surface area contributed by atoms with E-state index in [9.17, 15) is 14.9 Å². The summed E-state index contributed by atoms with van der Waals surface area (Å²) in [5.74, 6) is -0.0939. The molecule has 8 heteroatoms. The van der Waals surface area contributed by atoms with Gasteiger partial charge in [-0.2, -0.15) is 5.26 Å². The third kappa shape index (κ3) is 3.42. The molecule has 1 amide bonds. The molecule has 30 heavy (non-hydrogen) atoms. The normalized spacial score (nSPS) is 17.6. The Hall–Kier alpha value is -3.99. The molecule has 3 aromatic rings. The standard InChI is InChI=1S/C22H20N6O2/c1-3-14-8-9-24-22(26-14)27-20(29)13-10-15(11-13)25-19-16-6-4-5-7-18(16)28(2)21(30)17(19)12-23/h3-9,13,15,25H,1,10-11H2,2H3,(H,24,26,27,29). The van der Waals surface area contributed by atoms with E-state index < -0.39 is 0 Å². The van der Waals surface area contributed by atoms with E-state index in [-0.39, 0.29) is 34.9 Å². The summed E-state index contributed by atoms with van der Waals surface area (Å²) >= 11 is 0. The number of rotatable bonds is 5. The van der Waals surface area contributed by atoms with E-state index in [0.29, 0.717) is 24.2 Å². The summed E-state index contributed by atoms with van der Waals surface area (Å²) in [5.41, 5.74) is 1.65. The molecule has 0 bridgehead atoms. The largest absolute Gasteiger partial charge is 0.380 e. The number of hydrogen-bond donors (Lipinski definition) is 2. The molecule has 8 nitrogen and oxygen atoms in total. The minimum Gasteiger partial charge on any atom is -0.380 e. The first-order chi connectivity index (χ1) is 14.5. The number of nitrogens with zero attached hydrogens (tertiary/aromatic N) is 4. The first-order valence-corrected chi connectivity index (χ1v) is 9.56. The number of pyridine rings is 1. The number of hydrogen-bond acceptors (Lipinski definition) is 6. The van der Waals surface area contributed by atoms with Crippen molar-refractivity contribution < 1.29 is 4.79 Å². The molecular formula is C22H20N6O2. The molecule has 150 valence electrons. The van der Waals surface area contributed by atoms with E-state index in [1.54, 1.807) is 25.4 Å². The third-order valence-corrected chi connectivity index (χ3v) is 5.39. The number of carbonyl (C=O) groups is 1. The summed E-state index contributed by atoms with van der Waals surface area (Å²) in [6.45, 7) is 3.65. The first kappa shape index (κ1) is 19.3. The predicted octanol–water partition coefficient (Wildman–Crippen LogP) is 2.67. The number of para-hydroxylation sites is 1. The van der Waals surface area contributed by atoms with E-state index in [4.69, 9.17) is 0 Å². The molecule has 1 aliphatic carbocycles. The number of aromatic nitrogens is 3. The molecule has 2 aromatic heterocycles. The van der Waals surface area contributed by atoms with Gasteiger partial charge in [0.15, 0.2) is 0 Å². The van der Waals surface area contributed by atoms with Gasteiger partial charge in [-0.3, -0.25) is 14.9 Å². The highest BCUT2D eigenvalue weighted by molar-refractivity contribution is 5.95. The van der Waals surface area contributed by atoms with Crippen molar-refractivity contribution in [2.45, 2.75) is 18.9 Å². The Morgan fingerprint density at radius 2 is 2.10 bits per heavy atom. The Kier molecular flexibility index (Phi) is 5.02. The fourth-order valence-corrected chi connectivity index (χ4v) is 3.66. The minimum atomic E-state index is -0.341. The van der Waals surface area contributed by atoms with E-state index in [0.717, 1.165) is 10.9 Å². The van der Waals surface area contributed by atoms with E-state index in [1.807, 2.05) is 30.3 Å². The molecule has 1 aromatic carbocycles. The molecule has 0 unspecified atom stereocenters. The summed E-state index contributed by atoms with van der Waals surface area (Å²) in [6.07, 6.45) is 4.32. The third-order valence-electron chi connectivity index (χ3n) is 5.39. The molecule has 4 rings (SSSR count). The van der Waals surface area contributed by atoms with Crippen LogP contribution in [0.2, 0.25) is 0 Å². The van der Waals surface area contributed by atoms with Gasteiger partial charge in [-0.25, -0.2) is 9.97 Å². The second-order valence-corrected chi connectivity index (χ2v) is 7.25. The molecule has 0 saturated heterocycles. The van der Waals surface area contributed by atoms with Crippen LogP contribution in [0, 0.1) is 17.2 Å². The van der Waals surface area contributed by atoms with Gasteiger partial charge in [-0.05, 0) is 31.1 Å². The minimum absolute atomic E-state index is 0.0104. The lowest BCUT2D eigenvalue weighted by Crippen LogP contribution is -2.42. The zero-order valence-electron chi connectivity index (χ0n) is 16.4. The number of fused-ring (bicyclic) bond motifs is 1. The van der Waals surface area contributed by atoms with Crippen LogP contribution >= 0.6 is 0 Å². The van der Waals surface area contributed by atoms with Crippen LogP contribution < -0.4 is 16.2 Å². The van der Waals surface area contributed by atoms with Crippen LogP contribution in [0.15, 0.2) is 47.9 Å². The number of carbonyl (C=O) groups excluding carboxylic acids is 1. The average molecular weight is 400 g/mol. The number of anilines is 2. The number of aryl methyl sites for hydroxylation is 1. The zero-order chi connectivity index (χ0) is 21.3. The Bertz CT molecular complexity index is 1250. The van der Waals surface area contributed by atoms with Gasteiger partial charge in [0.25, 0.3) is 5.56 Å². The number of amides is 1. The maximum atomic E-state index is 12.6. The summed E-state index contributed by atoms with van der Waals surface area (Å²) in [5, 5.41) is 16.4. The molecule has 1 saturated carbocycles. The zero-order valence-corrected chi connectivity index (χ0v) is 16.4. The second kappa shape index (κ2) is 7.79. The number of nitriles is 1.